The highest BCUT2D eigenvalue weighted by atomic mass is 16.2. The summed E-state index contributed by atoms with van der Waals surface area (Å²) in [7, 11) is 0. The molecule has 126 valence electrons. The number of amides is 1. The summed E-state index contributed by atoms with van der Waals surface area (Å²) >= 11 is 0. The Kier molecular flexibility index (Phi) is 3.19. The first-order valence-corrected chi connectivity index (χ1v) is 8.64. The number of carbonyl (C=O) groups excluding carboxylic acids is 1. The Balaban J connectivity index is 1.39. The summed E-state index contributed by atoms with van der Waals surface area (Å²) in [4.78, 5) is 16.2. The number of para-hydroxylation sites is 1. The van der Waals surface area contributed by atoms with Gasteiger partial charge in [0, 0.05) is 6.54 Å². The Morgan fingerprint density at radius 3 is 2.80 bits per heavy atom. The van der Waals surface area contributed by atoms with E-state index >= 15 is 0 Å². The van der Waals surface area contributed by atoms with Crippen molar-refractivity contribution in [1.29, 1.82) is 0 Å². The van der Waals surface area contributed by atoms with E-state index < -0.39 is 0 Å². The second-order valence-corrected chi connectivity index (χ2v) is 6.53. The SMILES string of the molecule is O=C(c1cnn(-c2ccccc2)n1)N1CCn2nc3c(c2C1)CCC3. The summed E-state index contributed by atoms with van der Waals surface area (Å²) in [6, 6.07) is 9.61. The zero-order chi connectivity index (χ0) is 16.8. The molecule has 0 saturated heterocycles. The molecule has 1 aromatic carbocycles. The Morgan fingerprint density at radius 1 is 1.04 bits per heavy atom. The molecule has 1 aliphatic carbocycles. The molecule has 25 heavy (non-hydrogen) atoms. The maximum atomic E-state index is 12.9. The van der Waals surface area contributed by atoms with Gasteiger partial charge in [0.2, 0.25) is 0 Å². The molecule has 0 radical (unpaired) electrons. The lowest BCUT2D eigenvalue weighted by Gasteiger charge is -2.27. The topological polar surface area (TPSA) is 68.8 Å². The maximum absolute atomic E-state index is 12.9. The number of hydrogen-bond donors (Lipinski definition) is 0. The molecule has 2 aromatic heterocycles. The summed E-state index contributed by atoms with van der Waals surface area (Å²) in [5, 5.41) is 13.3. The highest BCUT2D eigenvalue weighted by Gasteiger charge is 2.29. The molecule has 3 aromatic rings. The summed E-state index contributed by atoms with van der Waals surface area (Å²) in [6.45, 7) is 2.02. The van der Waals surface area contributed by atoms with Gasteiger partial charge in [0.15, 0.2) is 5.69 Å². The van der Waals surface area contributed by atoms with Crippen LogP contribution in [0.25, 0.3) is 5.69 Å². The van der Waals surface area contributed by atoms with E-state index in [2.05, 4.69) is 20.0 Å². The van der Waals surface area contributed by atoms with Crippen LogP contribution in [0.15, 0.2) is 36.5 Å². The fraction of sp³-hybridized carbons (Fsp3) is 0.333. The predicted molar refractivity (Wildman–Crippen MR) is 90.4 cm³/mol. The van der Waals surface area contributed by atoms with Crippen molar-refractivity contribution in [2.24, 2.45) is 0 Å². The van der Waals surface area contributed by atoms with Gasteiger partial charge in [0.1, 0.15) is 0 Å². The minimum absolute atomic E-state index is 0.0682. The van der Waals surface area contributed by atoms with E-state index in [1.165, 1.54) is 28.2 Å². The number of aryl methyl sites for hydroxylation is 1. The van der Waals surface area contributed by atoms with Crippen molar-refractivity contribution < 1.29 is 4.79 Å². The third-order valence-electron chi connectivity index (χ3n) is 5.00. The van der Waals surface area contributed by atoms with E-state index in [4.69, 9.17) is 0 Å². The van der Waals surface area contributed by atoms with Crippen molar-refractivity contribution in [1.82, 2.24) is 29.7 Å². The molecule has 0 atom stereocenters. The average Bonchev–Trinajstić information content (AvgIpc) is 3.37. The molecule has 7 heteroatoms. The third kappa shape index (κ3) is 2.34. The van der Waals surface area contributed by atoms with E-state index in [-0.39, 0.29) is 5.91 Å². The van der Waals surface area contributed by atoms with Gasteiger partial charge in [-0.15, -0.1) is 5.10 Å². The highest BCUT2D eigenvalue weighted by molar-refractivity contribution is 5.92. The maximum Gasteiger partial charge on any atom is 0.276 e. The zero-order valence-electron chi connectivity index (χ0n) is 13.8. The lowest BCUT2D eigenvalue weighted by molar-refractivity contribution is 0.0699. The van der Waals surface area contributed by atoms with Gasteiger partial charge in [0.05, 0.1) is 36.4 Å². The van der Waals surface area contributed by atoms with Crippen LogP contribution in [0.5, 0.6) is 0 Å². The lowest BCUT2D eigenvalue weighted by atomic mass is 10.1. The first kappa shape index (κ1) is 14.4. The lowest BCUT2D eigenvalue weighted by Crippen LogP contribution is -2.39. The molecule has 1 aliphatic heterocycles. The molecule has 3 heterocycles. The van der Waals surface area contributed by atoms with Gasteiger partial charge in [-0.25, -0.2) is 0 Å². The summed E-state index contributed by atoms with van der Waals surface area (Å²) in [5.41, 5.74) is 5.00. The fourth-order valence-electron chi connectivity index (χ4n) is 3.73. The first-order chi connectivity index (χ1) is 12.3. The van der Waals surface area contributed by atoms with Crippen LogP contribution in [0.3, 0.4) is 0 Å². The van der Waals surface area contributed by atoms with Crippen molar-refractivity contribution >= 4 is 5.91 Å². The van der Waals surface area contributed by atoms with Gasteiger partial charge >= 0.3 is 0 Å². The van der Waals surface area contributed by atoms with Crippen LogP contribution < -0.4 is 0 Å². The zero-order valence-corrected chi connectivity index (χ0v) is 13.8. The van der Waals surface area contributed by atoms with Crippen molar-refractivity contribution in [2.45, 2.75) is 32.4 Å². The van der Waals surface area contributed by atoms with Crippen molar-refractivity contribution in [2.75, 3.05) is 6.54 Å². The van der Waals surface area contributed by atoms with Crippen molar-refractivity contribution in [3.8, 4) is 5.69 Å². The molecule has 0 fully saturated rings. The Morgan fingerprint density at radius 2 is 1.92 bits per heavy atom. The number of carbonyl (C=O) groups is 1. The van der Waals surface area contributed by atoms with Gasteiger partial charge in [-0.1, -0.05) is 18.2 Å². The largest absolute Gasteiger partial charge is 0.329 e. The van der Waals surface area contributed by atoms with E-state index in [1.807, 2.05) is 35.2 Å². The molecule has 7 nitrogen and oxygen atoms in total. The molecule has 0 unspecified atom stereocenters. The molecule has 1 amide bonds. The van der Waals surface area contributed by atoms with E-state index in [1.54, 1.807) is 6.20 Å². The van der Waals surface area contributed by atoms with Crippen LogP contribution in [0, 0.1) is 0 Å². The van der Waals surface area contributed by atoms with Crippen molar-refractivity contribution in [3.63, 3.8) is 0 Å². The number of hydrogen-bond acceptors (Lipinski definition) is 4. The van der Waals surface area contributed by atoms with Gasteiger partial charge in [-0.3, -0.25) is 9.48 Å². The molecular formula is C18H18N6O. The standard InChI is InChI=1S/C18H18N6O/c25-18(16-11-19-24(21-16)13-5-2-1-3-6-13)22-9-10-23-17(12-22)14-7-4-8-15(14)20-23/h1-3,5-6,11H,4,7-10,12H2. The molecule has 0 N–H and O–H groups in total. The van der Waals surface area contributed by atoms with E-state index in [0.717, 1.165) is 25.1 Å². The Labute approximate surface area is 144 Å². The highest BCUT2D eigenvalue weighted by Crippen LogP contribution is 2.28. The predicted octanol–water partition coefficient (Wildman–Crippen LogP) is 1.61. The summed E-state index contributed by atoms with van der Waals surface area (Å²) < 4.78 is 2.08. The van der Waals surface area contributed by atoms with Crippen LogP contribution >= 0.6 is 0 Å². The minimum Gasteiger partial charge on any atom is -0.329 e. The fourth-order valence-corrected chi connectivity index (χ4v) is 3.73. The third-order valence-corrected chi connectivity index (χ3v) is 5.00. The molecule has 2 aliphatic rings. The minimum atomic E-state index is -0.0682. The first-order valence-electron chi connectivity index (χ1n) is 8.64. The number of rotatable bonds is 2. The molecule has 0 spiro atoms. The van der Waals surface area contributed by atoms with E-state index in [0.29, 0.717) is 18.8 Å². The van der Waals surface area contributed by atoms with Gasteiger partial charge in [-0.2, -0.15) is 15.0 Å². The molecule has 5 rings (SSSR count). The van der Waals surface area contributed by atoms with Gasteiger partial charge < -0.3 is 4.90 Å². The normalized spacial score (nSPS) is 15.9. The number of benzene rings is 1. The van der Waals surface area contributed by atoms with Crippen LogP contribution in [-0.2, 0) is 25.9 Å². The average molecular weight is 334 g/mol. The monoisotopic (exact) mass is 334 g/mol. The van der Waals surface area contributed by atoms with Gasteiger partial charge in [-0.05, 0) is 37.0 Å². The Hall–Kier alpha value is -2.96. The molecule has 0 saturated carbocycles. The smallest absolute Gasteiger partial charge is 0.276 e. The van der Waals surface area contributed by atoms with E-state index in [9.17, 15) is 4.79 Å². The number of aromatic nitrogens is 5. The molecule has 0 bridgehead atoms. The number of nitrogens with zero attached hydrogens (tertiary/aromatic N) is 6. The van der Waals surface area contributed by atoms with Crippen LogP contribution in [0.2, 0.25) is 0 Å². The quantitative estimate of drug-likeness (QED) is 0.714. The second-order valence-electron chi connectivity index (χ2n) is 6.53. The summed E-state index contributed by atoms with van der Waals surface area (Å²) in [5.74, 6) is -0.0682. The van der Waals surface area contributed by atoms with Crippen LogP contribution in [0.4, 0.5) is 0 Å². The molecular weight excluding hydrogens is 316 g/mol. The number of fused-ring (bicyclic) bond motifs is 3. The Bertz CT molecular complexity index is 942. The second kappa shape index (κ2) is 5.54. The van der Waals surface area contributed by atoms with Crippen molar-refractivity contribution in [3.05, 3.63) is 59.2 Å². The van der Waals surface area contributed by atoms with Crippen LogP contribution in [-0.4, -0.2) is 42.1 Å². The summed E-state index contributed by atoms with van der Waals surface area (Å²) in [6.07, 6.45) is 4.86. The van der Waals surface area contributed by atoms with Gasteiger partial charge in [0.25, 0.3) is 5.91 Å². The van der Waals surface area contributed by atoms with Crippen LogP contribution in [0.1, 0.15) is 33.9 Å².